The largest absolute Gasteiger partial charge is 0.294 e. The number of aromatic amines is 1. The second kappa shape index (κ2) is 7.03. The van der Waals surface area contributed by atoms with E-state index in [0.717, 1.165) is 39.9 Å². The van der Waals surface area contributed by atoms with Gasteiger partial charge in [0.1, 0.15) is 5.69 Å². The highest BCUT2D eigenvalue weighted by Gasteiger charge is 2.13. The molecular weight excluding hydrogens is 328 g/mol. The number of thiophene rings is 1. The lowest BCUT2D eigenvalue weighted by Gasteiger charge is -2.00. The molecule has 0 aliphatic heterocycles. The molecule has 25 heavy (non-hydrogen) atoms. The first kappa shape index (κ1) is 15.8. The Morgan fingerprint density at radius 3 is 2.72 bits per heavy atom. The zero-order valence-electron chi connectivity index (χ0n) is 13.7. The Kier molecular flexibility index (Phi) is 4.44. The summed E-state index contributed by atoms with van der Waals surface area (Å²) >= 11 is 1.58. The number of hydrogen-bond acceptors (Lipinski definition) is 3. The number of hydrogen-bond donors (Lipinski definition) is 1. The van der Waals surface area contributed by atoms with Crippen LogP contribution in [0.5, 0.6) is 0 Å². The Morgan fingerprint density at radius 2 is 1.84 bits per heavy atom. The van der Waals surface area contributed by atoms with Gasteiger partial charge in [0.25, 0.3) is 0 Å². The molecule has 2 heterocycles. The first-order valence-corrected chi connectivity index (χ1v) is 9.28. The summed E-state index contributed by atoms with van der Waals surface area (Å²) in [7, 11) is 0. The number of carbonyl (C=O) groups excluding carboxylic acids is 1. The Bertz CT molecular complexity index is 1000. The van der Waals surface area contributed by atoms with E-state index < -0.39 is 0 Å². The molecule has 4 rings (SSSR count). The van der Waals surface area contributed by atoms with Crippen LogP contribution in [-0.4, -0.2) is 16.0 Å². The molecule has 0 radical (unpaired) electrons. The van der Waals surface area contributed by atoms with E-state index in [9.17, 15) is 4.79 Å². The van der Waals surface area contributed by atoms with Crippen molar-refractivity contribution in [2.24, 2.45) is 0 Å². The van der Waals surface area contributed by atoms with Crippen LogP contribution >= 0.6 is 11.3 Å². The van der Waals surface area contributed by atoms with E-state index in [0.29, 0.717) is 6.42 Å². The fraction of sp³-hybridized carbons (Fsp3) is 0.143. The molecule has 2 aromatic carbocycles. The van der Waals surface area contributed by atoms with Crippen molar-refractivity contribution in [2.45, 2.75) is 19.3 Å². The van der Waals surface area contributed by atoms with E-state index in [1.807, 2.05) is 47.8 Å². The number of nitrogens with one attached hydrogen (secondary N) is 1. The van der Waals surface area contributed by atoms with Crippen molar-refractivity contribution in [3.05, 3.63) is 77.2 Å². The summed E-state index contributed by atoms with van der Waals surface area (Å²) in [6, 6.07) is 20.3. The molecule has 0 unspecified atom stereocenters. The molecule has 0 amide bonds. The number of para-hydroxylation sites is 1. The fourth-order valence-corrected chi connectivity index (χ4v) is 3.92. The minimum absolute atomic E-state index is 0.207. The number of Topliss-reactive ketones (excluding diaryl/α,β-unsaturated/α-hetero) is 1. The molecule has 124 valence electrons. The number of aromatic nitrogens is 2. The molecule has 0 aliphatic carbocycles. The first-order chi connectivity index (χ1) is 12.3. The lowest BCUT2D eigenvalue weighted by Crippen LogP contribution is -1.98. The molecule has 0 bridgehead atoms. The van der Waals surface area contributed by atoms with E-state index in [1.54, 1.807) is 11.3 Å². The van der Waals surface area contributed by atoms with Crippen LogP contribution in [0.2, 0.25) is 0 Å². The number of carbonyl (C=O) groups is 1. The van der Waals surface area contributed by atoms with Crippen LogP contribution in [0.1, 0.15) is 28.8 Å². The third-order valence-electron chi connectivity index (χ3n) is 4.34. The Balaban J connectivity index is 1.45. The van der Waals surface area contributed by atoms with Crippen LogP contribution in [0.3, 0.4) is 0 Å². The number of nitrogens with zero attached hydrogens (tertiary/aromatic N) is 1. The number of aryl methyl sites for hydroxylation is 1. The number of H-pyrrole nitrogens is 1. The average molecular weight is 346 g/mol. The van der Waals surface area contributed by atoms with Gasteiger partial charge in [-0.3, -0.25) is 9.89 Å². The summed E-state index contributed by atoms with van der Waals surface area (Å²) in [5.41, 5.74) is 4.01. The summed E-state index contributed by atoms with van der Waals surface area (Å²) in [5.74, 6) is 0.207. The van der Waals surface area contributed by atoms with Gasteiger partial charge in [-0.2, -0.15) is 5.10 Å². The van der Waals surface area contributed by atoms with Crippen LogP contribution in [0, 0.1) is 0 Å². The van der Waals surface area contributed by atoms with Crippen LogP contribution < -0.4 is 0 Å². The molecule has 2 aromatic heterocycles. The summed E-state index contributed by atoms with van der Waals surface area (Å²) in [6.07, 6.45) is 2.39. The van der Waals surface area contributed by atoms with Crippen LogP contribution in [0.25, 0.3) is 21.5 Å². The van der Waals surface area contributed by atoms with Gasteiger partial charge in [0.15, 0.2) is 5.78 Å². The highest BCUT2D eigenvalue weighted by atomic mass is 32.1. The lowest BCUT2D eigenvalue weighted by atomic mass is 10.0. The van der Waals surface area contributed by atoms with Crippen molar-refractivity contribution in [2.75, 3.05) is 0 Å². The van der Waals surface area contributed by atoms with Crippen molar-refractivity contribution in [3.63, 3.8) is 0 Å². The van der Waals surface area contributed by atoms with Gasteiger partial charge in [0, 0.05) is 22.8 Å². The van der Waals surface area contributed by atoms with Crippen molar-refractivity contribution in [1.82, 2.24) is 10.2 Å². The van der Waals surface area contributed by atoms with E-state index in [4.69, 9.17) is 0 Å². The Labute approximate surface area is 150 Å². The molecule has 0 fully saturated rings. The normalized spacial score (nSPS) is 11.0. The molecule has 1 N–H and O–H groups in total. The smallest absolute Gasteiger partial charge is 0.163 e. The standard InChI is InChI=1S/C21H18N2OS/c24-19(12-6-9-15-7-2-1-3-8-15)16-13-20(25-14-16)21-17-10-4-5-11-18(17)22-23-21/h1-5,7-8,10-11,13-14H,6,9,12H2,(H,22,23). The predicted molar refractivity (Wildman–Crippen MR) is 103 cm³/mol. The summed E-state index contributed by atoms with van der Waals surface area (Å²) in [6.45, 7) is 0. The van der Waals surface area contributed by atoms with Crippen molar-refractivity contribution in [1.29, 1.82) is 0 Å². The minimum Gasteiger partial charge on any atom is -0.294 e. The van der Waals surface area contributed by atoms with Gasteiger partial charge < -0.3 is 0 Å². The van der Waals surface area contributed by atoms with Crippen molar-refractivity contribution < 1.29 is 4.79 Å². The van der Waals surface area contributed by atoms with Gasteiger partial charge in [0.2, 0.25) is 0 Å². The maximum absolute atomic E-state index is 12.5. The van der Waals surface area contributed by atoms with E-state index in [-0.39, 0.29) is 5.78 Å². The highest BCUT2D eigenvalue weighted by Crippen LogP contribution is 2.31. The molecule has 0 spiro atoms. The molecular formula is C21H18N2OS. The van der Waals surface area contributed by atoms with E-state index in [1.165, 1.54) is 5.56 Å². The van der Waals surface area contributed by atoms with E-state index in [2.05, 4.69) is 28.4 Å². The lowest BCUT2D eigenvalue weighted by molar-refractivity contribution is 0.0980. The van der Waals surface area contributed by atoms with Crippen LogP contribution in [0.15, 0.2) is 66.0 Å². The maximum atomic E-state index is 12.5. The Hall–Kier alpha value is -2.72. The number of ketones is 1. The zero-order valence-corrected chi connectivity index (χ0v) is 14.6. The monoisotopic (exact) mass is 346 g/mol. The first-order valence-electron chi connectivity index (χ1n) is 8.40. The summed E-state index contributed by atoms with van der Waals surface area (Å²) in [5, 5.41) is 10.5. The molecule has 0 aliphatic rings. The quantitative estimate of drug-likeness (QED) is 0.469. The van der Waals surface area contributed by atoms with Crippen molar-refractivity contribution >= 4 is 28.0 Å². The molecule has 0 saturated carbocycles. The summed E-state index contributed by atoms with van der Waals surface area (Å²) < 4.78 is 0. The van der Waals surface area contributed by atoms with Gasteiger partial charge in [-0.15, -0.1) is 11.3 Å². The minimum atomic E-state index is 0.207. The number of rotatable bonds is 6. The molecule has 0 saturated heterocycles. The molecule has 4 heteroatoms. The molecule has 4 aromatic rings. The third-order valence-corrected chi connectivity index (χ3v) is 5.27. The molecule has 0 atom stereocenters. The number of benzene rings is 2. The zero-order chi connectivity index (χ0) is 17.1. The average Bonchev–Trinajstić information content (AvgIpc) is 3.29. The molecule has 3 nitrogen and oxygen atoms in total. The van der Waals surface area contributed by atoms with Gasteiger partial charge in [0.05, 0.1) is 10.4 Å². The fourth-order valence-electron chi connectivity index (χ4n) is 3.00. The van der Waals surface area contributed by atoms with Crippen LogP contribution in [0.4, 0.5) is 0 Å². The van der Waals surface area contributed by atoms with Gasteiger partial charge in [-0.25, -0.2) is 0 Å². The van der Waals surface area contributed by atoms with E-state index >= 15 is 0 Å². The highest BCUT2D eigenvalue weighted by molar-refractivity contribution is 7.14. The SMILES string of the molecule is O=C(CCCc1ccccc1)c1csc(-c2n[nH]c3ccccc23)c1. The van der Waals surface area contributed by atoms with Crippen LogP contribution in [-0.2, 0) is 6.42 Å². The van der Waals surface area contributed by atoms with Gasteiger partial charge >= 0.3 is 0 Å². The number of fused-ring (bicyclic) bond motifs is 1. The second-order valence-electron chi connectivity index (χ2n) is 6.08. The summed E-state index contributed by atoms with van der Waals surface area (Å²) in [4.78, 5) is 13.5. The maximum Gasteiger partial charge on any atom is 0.163 e. The second-order valence-corrected chi connectivity index (χ2v) is 6.99. The topological polar surface area (TPSA) is 45.8 Å². The van der Waals surface area contributed by atoms with Crippen molar-refractivity contribution in [3.8, 4) is 10.6 Å². The third kappa shape index (κ3) is 3.39. The van der Waals surface area contributed by atoms with Gasteiger partial charge in [-0.05, 0) is 30.5 Å². The Morgan fingerprint density at radius 1 is 1.04 bits per heavy atom. The predicted octanol–water partition coefficient (Wildman–Crippen LogP) is 5.50. The van der Waals surface area contributed by atoms with Gasteiger partial charge in [-0.1, -0.05) is 48.5 Å².